The van der Waals surface area contributed by atoms with Gasteiger partial charge in [0, 0.05) is 36.8 Å². The van der Waals surface area contributed by atoms with Crippen molar-refractivity contribution in [1.29, 1.82) is 0 Å². The first kappa shape index (κ1) is 21.6. The van der Waals surface area contributed by atoms with E-state index in [1.165, 1.54) is 13.2 Å². The van der Waals surface area contributed by atoms with Crippen LogP contribution in [0.2, 0.25) is 0 Å². The minimum atomic E-state index is -0.415. The number of carbonyl (C=O) groups is 2. The monoisotopic (exact) mass is 439 g/mol. The van der Waals surface area contributed by atoms with Crippen molar-refractivity contribution >= 4 is 17.5 Å². The van der Waals surface area contributed by atoms with Crippen LogP contribution in [0.25, 0.3) is 11.3 Å². The van der Waals surface area contributed by atoms with Crippen LogP contribution >= 0.6 is 0 Å². The summed E-state index contributed by atoms with van der Waals surface area (Å²) >= 11 is 0. The number of aryl methyl sites for hydroxylation is 1. The fraction of sp³-hybridized carbons (Fsp3) is 0.0800. The largest absolute Gasteiger partial charge is 0.457 e. The lowest BCUT2D eigenvalue weighted by Crippen LogP contribution is -2.18. The first-order valence-corrected chi connectivity index (χ1v) is 10.2. The number of rotatable bonds is 6. The van der Waals surface area contributed by atoms with Crippen LogP contribution in [0.15, 0.2) is 79.1 Å². The smallest absolute Gasteiger partial charge is 0.293 e. The third-order valence-electron chi connectivity index (χ3n) is 4.74. The lowest BCUT2D eigenvalue weighted by Gasteiger charge is -2.09. The van der Waals surface area contributed by atoms with Crippen LogP contribution in [0.1, 0.15) is 26.7 Å². The molecule has 8 nitrogen and oxygen atoms in total. The van der Waals surface area contributed by atoms with Gasteiger partial charge in [-0.25, -0.2) is 9.97 Å². The quantitative estimate of drug-likeness (QED) is 0.465. The van der Waals surface area contributed by atoms with Gasteiger partial charge >= 0.3 is 0 Å². The second kappa shape index (κ2) is 9.69. The van der Waals surface area contributed by atoms with Crippen molar-refractivity contribution in [3.8, 4) is 22.8 Å². The molecule has 0 aliphatic carbocycles. The van der Waals surface area contributed by atoms with E-state index in [1.54, 1.807) is 48.7 Å². The van der Waals surface area contributed by atoms with Crippen molar-refractivity contribution in [1.82, 2.24) is 20.3 Å². The Labute approximate surface area is 190 Å². The van der Waals surface area contributed by atoms with Crippen LogP contribution in [-0.2, 0) is 0 Å². The van der Waals surface area contributed by atoms with E-state index in [-0.39, 0.29) is 17.4 Å². The number of pyridine rings is 1. The highest BCUT2D eigenvalue weighted by Crippen LogP contribution is 2.23. The summed E-state index contributed by atoms with van der Waals surface area (Å²) < 4.78 is 5.77. The van der Waals surface area contributed by atoms with Gasteiger partial charge in [-0.2, -0.15) is 0 Å². The number of anilines is 1. The molecule has 2 aromatic carbocycles. The standard InChI is InChI=1S/C25H21N5O3/c1-16-3-5-17(6-4-16)21-12-14-28-23(30-21)25(32)29-18-7-9-19(10-8-18)33-20-11-13-27-22(15-20)24(31)26-2/h3-15H,1-2H3,(H,26,31)(H,29,32). The Kier molecular flexibility index (Phi) is 6.36. The number of amides is 2. The Bertz CT molecular complexity index is 1290. The first-order valence-electron chi connectivity index (χ1n) is 10.2. The molecular formula is C25H21N5O3. The van der Waals surface area contributed by atoms with Crippen molar-refractivity contribution < 1.29 is 14.3 Å². The number of carbonyl (C=O) groups excluding carboxylic acids is 2. The molecule has 0 aliphatic heterocycles. The summed E-state index contributed by atoms with van der Waals surface area (Å²) in [6.45, 7) is 2.01. The maximum Gasteiger partial charge on any atom is 0.293 e. The zero-order chi connectivity index (χ0) is 23.2. The van der Waals surface area contributed by atoms with Crippen molar-refractivity contribution in [2.45, 2.75) is 6.92 Å². The SMILES string of the molecule is CNC(=O)c1cc(Oc2ccc(NC(=O)c3nccc(-c4ccc(C)cc4)n3)cc2)ccn1. The Hall–Kier alpha value is -4.59. The van der Waals surface area contributed by atoms with Gasteiger partial charge in [-0.15, -0.1) is 0 Å². The molecule has 2 amide bonds. The van der Waals surface area contributed by atoms with E-state index in [9.17, 15) is 9.59 Å². The van der Waals surface area contributed by atoms with Gasteiger partial charge in [0.15, 0.2) is 0 Å². The number of ether oxygens (including phenoxy) is 1. The van der Waals surface area contributed by atoms with E-state index in [1.807, 2.05) is 31.2 Å². The van der Waals surface area contributed by atoms with Crippen LogP contribution in [0.4, 0.5) is 5.69 Å². The Balaban J connectivity index is 1.43. The van der Waals surface area contributed by atoms with Crippen molar-refractivity contribution in [3.63, 3.8) is 0 Å². The number of nitrogens with one attached hydrogen (secondary N) is 2. The summed E-state index contributed by atoms with van der Waals surface area (Å²) in [6.07, 6.45) is 3.06. The fourth-order valence-corrected chi connectivity index (χ4v) is 3.01. The summed E-state index contributed by atoms with van der Waals surface area (Å²) in [4.78, 5) is 36.8. The summed E-state index contributed by atoms with van der Waals surface area (Å²) in [5.74, 6) is 0.377. The molecule has 2 aromatic heterocycles. The number of benzene rings is 2. The molecule has 0 bridgehead atoms. The van der Waals surface area contributed by atoms with Gasteiger partial charge in [0.05, 0.1) is 5.69 Å². The topological polar surface area (TPSA) is 106 Å². The number of hydrogen-bond acceptors (Lipinski definition) is 6. The first-order chi connectivity index (χ1) is 16.0. The average Bonchev–Trinajstić information content (AvgIpc) is 2.85. The van der Waals surface area contributed by atoms with Gasteiger partial charge < -0.3 is 15.4 Å². The molecular weight excluding hydrogens is 418 g/mol. The second-order valence-corrected chi connectivity index (χ2v) is 7.17. The fourth-order valence-electron chi connectivity index (χ4n) is 3.01. The molecule has 4 aromatic rings. The highest BCUT2D eigenvalue weighted by molar-refractivity contribution is 6.01. The van der Waals surface area contributed by atoms with Gasteiger partial charge in [-0.1, -0.05) is 29.8 Å². The van der Waals surface area contributed by atoms with E-state index < -0.39 is 5.91 Å². The van der Waals surface area contributed by atoms with Crippen molar-refractivity contribution in [2.75, 3.05) is 12.4 Å². The minimum Gasteiger partial charge on any atom is -0.457 e. The van der Waals surface area contributed by atoms with Gasteiger partial charge in [-0.05, 0) is 43.3 Å². The van der Waals surface area contributed by atoms with Gasteiger partial charge in [0.1, 0.15) is 17.2 Å². The number of hydrogen-bond donors (Lipinski definition) is 2. The molecule has 0 atom stereocenters. The highest BCUT2D eigenvalue weighted by Gasteiger charge is 2.12. The van der Waals surface area contributed by atoms with E-state index in [2.05, 4.69) is 25.6 Å². The molecule has 2 N–H and O–H groups in total. The van der Waals surface area contributed by atoms with E-state index in [0.29, 0.717) is 22.9 Å². The van der Waals surface area contributed by atoms with Crippen molar-refractivity contribution in [3.05, 3.63) is 96.2 Å². The summed E-state index contributed by atoms with van der Waals surface area (Å²) in [5.41, 5.74) is 3.56. The molecule has 0 unspecified atom stereocenters. The number of aromatic nitrogens is 3. The Morgan fingerprint density at radius 1 is 0.818 bits per heavy atom. The van der Waals surface area contributed by atoms with Crippen molar-refractivity contribution in [2.24, 2.45) is 0 Å². The lowest BCUT2D eigenvalue weighted by molar-refractivity contribution is 0.0956. The van der Waals surface area contributed by atoms with E-state index >= 15 is 0 Å². The average molecular weight is 439 g/mol. The normalized spacial score (nSPS) is 10.4. The van der Waals surface area contributed by atoms with Crippen LogP contribution in [0, 0.1) is 6.92 Å². The molecule has 0 saturated carbocycles. The third kappa shape index (κ3) is 5.37. The van der Waals surface area contributed by atoms with Gasteiger partial charge in [-0.3, -0.25) is 14.6 Å². The molecule has 33 heavy (non-hydrogen) atoms. The predicted molar refractivity (Wildman–Crippen MR) is 124 cm³/mol. The van der Waals surface area contributed by atoms with Crippen LogP contribution in [0.5, 0.6) is 11.5 Å². The van der Waals surface area contributed by atoms with Gasteiger partial charge in [0.25, 0.3) is 11.8 Å². The molecule has 0 saturated heterocycles. The summed E-state index contributed by atoms with van der Waals surface area (Å²) in [6, 6.07) is 19.7. The highest BCUT2D eigenvalue weighted by atomic mass is 16.5. The molecule has 0 fully saturated rings. The maximum absolute atomic E-state index is 12.6. The van der Waals surface area contributed by atoms with Crippen LogP contribution in [0.3, 0.4) is 0 Å². The second-order valence-electron chi connectivity index (χ2n) is 7.17. The molecule has 0 radical (unpaired) electrons. The molecule has 4 rings (SSSR count). The summed E-state index contributed by atoms with van der Waals surface area (Å²) in [5, 5.41) is 5.31. The predicted octanol–water partition coefficient (Wildman–Crippen LogP) is 4.25. The molecule has 164 valence electrons. The molecule has 0 aliphatic rings. The lowest BCUT2D eigenvalue weighted by atomic mass is 10.1. The van der Waals surface area contributed by atoms with E-state index in [4.69, 9.17) is 4.74 Å². The molecule has 8 heteroatoms. The van der Waals surface area contributed by atoms with Crippen LogP contribution < -0.4 is 15.4 Å². The Morgan fingerprint density at radius 3 is 2.27 bits per heavy atom. The Morgan fingerprint density at radius 2 is 1.55 bits per heavy atom. The molecule has 0 spiro atoms. The van der Waals surface area contributed by atoms with Gasteiger partial charge in [0.2, 0.25) is 5.82 Å². The minimum absolute atomic E-state index is 0.0758. The third-order valence-corrected chi connectivity index (χ3v) is 4.74. The van der Waals surface area contributed by atoms with Crippen LogP contribution in [-0.4, -0.2) is 33.8 Å². The maximum atomic E-state index is 12.6. The molecule has 2 heterocycles. The zero-order valence-electron chi connectivity index (χ0n) is 18.1. The van der Waals surface area contributed by atoms with E-state index in [0.717, 1.165) is 11.1 Å². The number of nitrogens with zero attached hydrogens (tertiary/aromatic N) is 3. The summed E-state index contributed by atoms with van der Waals surface area (Å²) in [7, 11) is 1.54. The zero-order valence-corrected chi connectivity index (χ0v) is 18.1.